The lowest BCUT2D eigenvalue weighted by Gasteiger charge is -2.29. The van der Waals surface area contributed by atoms with Crippen molar-refractivity contribution < 1.29 is 9.21 Å². The predicted molar refractivity (Wildman–Crippen MR) is 81.5 cm³/mol. The molecule has 1 aromatic heterocycles. The van der Waals surface area contributed by atoms with Crippen molar-refractivity contribution in [1.29, 1.82) is 0 Å². The van der Waals surface area contributed by atoms with Gasteiger partial charge in [0.25, 0.3) is 0 Å². The van der Waals surface area contributed by atoms with Crippen LogP contribution in [0, 0.1) is 11.3 Å². The van der Waals surface area contributed by atoms with Gasteiger partial charge in [0.05, 0.1) is 5.52 Å². The van der Waals surface area contributed by atoms with Gasteiger partial charge >= 0.3 is 5.76 Å². The van der Waals surface area contributed by atoms with Gasteiger partial charge in [0.2, 0.25) is 0 Å². The molecule has 0 atom stereocenters. The molecule has 1 fully saturated rings. The molecule has 2 aromatic rings. The van der Waals surface area contributed by atoms with Crippen LogP contribution in [0.25, 0.3) is 11.1 Å². The summed E-state index contributed by atoms with van der Waals surface area (Å²) in [5.41, 5.74) is 1.54. The van der Waals surface area contributed by atoms with Gasteiger partial charge in [-0.2, -0.15) is 0 Å². The fourth-order valence-corrected chi connectivity index (χ4v) is 3.75. The van der Waals surface area contributed by atoms with E-state index < -0.39 is 5.76 Å². The number of ketones is 1. The van der Waals surface area contributed by atoms with Crippen molar-refractivity contribution in [2.45, 2.75) is 46.0 Å². The van der Waals surface area contributed by atoms with E-state index in [1.54, 1.807) is 18.2 Å². The number of rotatable bonds is 4. The Balaban J connectivity index is 1.99. The molecular weight excluding hydrogens is 266 g/mol. The van der Waals surface area contributed by atoms with Crippen molar-refractivity contribution in [1.82, 2.24) is 4.98 Å². The van der Waals surface area contributed by atoms with Crippen molar-refractivity contribution in [3.05, 3.63) is 34.3 Å². The van der Waals surface area contributed by atoms with E-state index in [0.717, 1.165) is 32.1 Å². The molecule has 1 aromatic carbocycles. The van der Waals surface area contributed by atoms with Crippen LogP contribution in [-0.2, 0) is 0 Å². The molecule has 1 heterocycles. The summed E-state index contributed by atoms with van der Waals surface area (Å²) < 4.78 is 5.07. The number of hydrogen-bond donors (Lipinski definition) is 1. The quantitative estimate of drug-likeness (QED) is 0.867. The van der Waals surface area contributed by atoms with Gasteiger partial charge in [0.15, 0.2) is 11.4 Å². The van der Waals surface area contributed by atoms with Gasteiger partial charge in [-0.05, 0) is 43.4 Å². The molecule has 1 aliphatic rings. The molecule has 21 heavy (non-hydrogen) atoms. The van der Waals surface area contributed by atoms with Crippen LogP contribution in [0.5, 0.6) is 0 Å². The van der Waals surface area contributed by atoms with Crippen LogP contribution in [0.15, 0.2) is 27.4 Å². The van der Waals surface area contributed by atoms with Gasteiger partial charge in [-0.3, -0.25) is 9.78 Å². The van der Waals surface area contributed by atoms with E-state index in [4.69, 9.17) is 4.42 Å². The van der Waals surface area contributed by atoms with E-state index in [0.29, 0.717) is 22.6 Å². The first-order valence-electron chi connectivity index (χ1n) is 7.68. The van der Waals surface area contributed by atoms with Crippen LogP contribution >= 0.6 is 0 Å². The van der Waals surface area contributed by atoms with E-state index in [1.807, 2.05) is 0 Å². The number of oxazole rings is 1. The summed E-state index contributed by atoms with van der Waals surface area (Å²) in [4.78, 5) is 26.9. The lowest BCUT2D eigenvalue weighted by atomic mass is 9.73. The Hall–Kier alpha value is -1.84. The zero-order valence-corrected chi connectivity index (χ0v) is 12.6. The van der Waals surface area contributed by atoms with Gasteiger partial charge in [-0.25, -0.2) is 4.79 Å². The van der Waals surface area contributed by atoms with E-state index >= 15 is 0 Å². The average Bonchev–Trinajstić information content (AvgIpc) is 3.02. The molecule has 0 radical (unpaired) electrons. The molecule has 4 heteroatoms. The van der Waals surface area contributed by atoms with Crippen molar-refractivity contribution in [3.63, 3.8) is 0 Å². The molecular formula is C17H21NO3. The van der Waals surface area contributed by atoms with Gasteiger partial charge in [0, 0.05) is 11.0 Å². The topological polar surface area (TPSA) is 63.1 Å². The summed E-state index contributed by atoms with van der Waals surface area (Å²) in [5.74, 6) is 0.229. The number of carbonyl (C=O) groups is 1. The number of benzene rings is 1. The summed E-state index contributed by atoms with van der Waals surface area (Å²) in [6, 6.07) is 5.26. The summed E-state index contributed by atoms with van der Waals surface area (Å²) in [7, 11) is 0. The standard InChI is InChI=1S/C17H21NO3/c1-11(2)10-17(7-3-4-8-17)15(19)12-5-6-13-14(9-12)21-16(20)18-13/h5-6,9,11H,3-4,7-8,10H2,1-2H3,(H,18,20). The molecule has 0 saturated heterocycles. The normalized spacial score (nSPS) is 17.7. The average molecular weight is 287 g/mol. The van der Waals surface area contributed by atoms with Gasteiger partial charge in [-0.1, -0.05) is 26.7 Å². The second-order valence-electron chi connectivity index (χ2n) is 6.64. The van der Waals surface area contributed by atoms with Crippen LogP contribution in [0.1, 0.15) is 56.3 Å². The highest BCUT2D eigenvalue weighted by molar-refractivity contribution is 6.02. The summed E-state index contributed by atoms with van der Waals surface area (Å²) >= 11 is 0. The van der Waals surface area contributed by atoms with Crippen molar-refractivity contribution >= 4 is 16.9 Å². The zero-order chi connectivity index (χ0) is 15.0. The number of H-pyrrole nitrogens is 1. The first-order valence-corrected chi connectivity index (χ1v) is 7.68. The summed E-state index contributed by atoms with van der Waals surface area (Å²) in [5, 5.41) is 0. The highest BCUT2D eigenvalue weighted by Gasteiger charge is 2.41. The Morgan fingerprint density at radius 3 is 2.71 bits per heavy atom. The molecule has 1 N–H and O–H groups in total. The van der Waals surface area contributed by atoms with E-state index in [9.17, 15) is 9.59 Å². The van der Waals surface area contributed by atoms with Crippen molar-refractivity contribution in [2.24, 2.45) is 11.3 Å². The number of nitrogens with one attached hydrogen (secondary N) is 1. The van der Waals surface area contributed by atoms with Crippen LogP contribution in [0.2, 0.25) is 0 Å². The zero-order valence-electron chi connectivity index (χ0n) is 12.6. The monoisotopic (exact) mass is 287 g/mol. The SMILES string of the molecule is CC(C)CC1(C(=O)c2ccc3[nH]c(=O)oc3c2)CCCC1. The fourth-order valence-electron chi connectivity index (χ4n) is 3.75. The minimum Gasteiger partial charge on any atom is -0.408 e. The third-order valence-electron chi connectivity index (χ3n) is 4.52. The number of aromatic nitrogens is 1. The van der Waals surface area contributed by atoms with Crippen LogP contribution in [0.3, 0.4) is 0 Å². The van der Waals surface area contributed by atoms with E-state index in [1.165, 1.54) is 0 Å². The molecule has 0 amide bonds. The smallest absolute Gasteiger partial charge is 0.408 e. The third-order valence-corrected chi connectivity index (χ3v) is 4.52. The van der Waals surface area contributed by atoms with Gasteiger partial charge in [0.1, 0.15) is 0 Å². The first-order chi connectivity index (χ1) is 10.00. The molecule has 0 spiro atoms. The van der Waals surface area contributed by atoms with Gasteiger partial charge < -0.3 is 4.42 Å². The van der Waals surface area contributed by atoms with Crippen molar-refractivity contribution in [2.75, 3.05) is 0 Å². The second-order valence-corrected chi connectivity index (χ2v) is 6.64. The first kappa shape index (κ1) is 14.1. The van der Waals surface area contributed by atoms with E-state index in [-0.39, 0.29) is 11.2 Å². The maximum atomic E-state index is 13.0. The maximum Gasteiger partial charge on any atom is 0.417 e. The van der Waals surface area contributed by atoms with Crippen LogP contribution < -0.4 is 5.76 Å². The Bertz CT molecular complexity index is 717. The maximum absolute atomic E-state index is 13.0. The number of fused-ring (bicyclic) bond motifs is 1. The lowest BCUT2D eigenvalue weighted by Crippen LogP contribution is -2.29. The minimum atomic E-state index is -0.479. The number of hydrogen-bond acceptors (Lipinski definition) is 3. The molecule has 1 aliphatic carbocycles. The molecule has 0 unspecified atom stereocenters. The summed E-state index contributed by atoms with van der Waals surface area (Å²) in [6.07, 6.45) is 5.12. The Labute approximate surface area is 123 Å². The third kappa shape index (κ3) is 2.55. The minimum absolute atomic E-state index is 0.208. The van der Waals surface area contributed by atoms with E-state index in [2.05, 4.69) is 18.8 Å². The largest absolute Gasteiger partial charge is 0.417 e. The van der Waals surface area contributed by atoms with Gasteiger partial charge in [-0.15, -0.1) is 0 Å². The Morgan fingerprint density at radius 1 is 1.33 bits per heavy atom. The Morgan fingerprint density at radius 2 is 2.05 bits per heavy atom. The molecule has 3 rings (SSSR count). The molecule has 112 valence electrons. The van der Waals surface area contributed by atoms with Crippen molar-refractivity contribution in [3.8, 4) is 0 Å². The number of Topliss-reactive ketones (excluding diaryl/α,β-unsaturated/α-hetero) is 1. The number of aromatic amines is 1. The van der Waals surface area contributed by atoms with Crippen LogP contribution in [0.4, 0.5) is 0 Å². The predicted octanol–water partition coefficient (Wildman–Crippen LogP) is 3.91. The molecule has 1 saturated carbocycles. The molecule has 0 bridgehead atoms. The lowest BCUT2D eigenvalue weighted by molar-refractivity contribution is 0.0760. The number of carbonyl (C=O) groups excluding carboxylic acids is 1. The molecule has 4 nitrogen and oxygen atoms in total. The highest BCUT2D eigenvalue weighted by Crippen LogP contribution is 2.45. The second kappa shape index (κ2) is 5.17. The fraction of sp³-hybridized carbons (Fsp3) is 0.529. The molecule has 0 aliphatic heterocycles. The summed E-state index contributed by atoms with van der Waals surface area (Å²) in [6.45, 7) is 4.34. The Kier molecular flexibility index (Phi) is 3.47. The van der Waals surface area contributed by atoms with Crippen LogP contribution in [-0.4, -0.2) is 10.8 Å². The highest BCUT2D eigenvalue weighted by atomic mass is 16.4.